The van der Waals surface area contributed by atoms with E-state index >= 15 is 0 Å². The van der Waals surface area contributed by atoms with E-state index in [1.807, 2.05) is 55.5 Å². The van der Waals surface area contributed by atoms with Gasteiger partial charge in [-0.05, 0) is 68.7 Å². The van der Waals surface area contributed by atoms with Gasteiger partial charge in [-0.15, -0.1) is 0 Å². The zero-order valence-electron chi connectivity index (χ0n) is 21.6. The second kappa shape index (κ2) is 12.0. The van der Waals surface area contributed by atoms with Crippen LogP contribution in [0.3, 0.4) is 0 Å². The summed E-state index contributed by atoms with van der Waals surface area (Å²) in [5, 5.41) is 18.8. The van der Waals surface area contributed by atoms with Crippen molar-refractivity contribution in [2.45, 2.75) is 64.0 Å². The third-order valence-corrected chi connectivity index (χ3v) is 7.37. The second-order valence-corrected chi connectivity index (χ2v) is 11.1. The number of para-hydroxylation sites is 1. The number of fused-ring (bicyclic) bond motifs is 1. The number of nitrogens with zero attached hydrogens (tertiary/aromatic N) is 1. The van der Waals surface area contributed by atoms with Crippen LogP contribution in [0.4, 0.5) is 10.5 Å². The Morgan fingerprint density at radius 2 is 1.97 bits per heavy atom. The van der Waals surface area contributed by atoms with Crippen molar-refractivity contribution >= 4 is 40.1 Å². The van der Waals surface area contributed by atoms with E-state index in [4.69, 9.17) is 11.6 Å². The Bertz CT molecular complexity index is 1210. The van der Waals surface area contributed by atoms with Gasteiger partial charge in [0, 0.05) is 41.6 Å². The number of aromatic amines is 1. The Morgan fingerprint density at radius 3 is 2.76 bits per heavy atom. The molecule has 0 bridgehead atoms. The highest BCUT2D eigenvalue weighted by Gasteiger charge is 2.27. The predicted molar refractivity (Wildman–Crippen MR) is 149 cm³/mol. The molecule has 1 aromatic heterocycles. The van der Waals surface area contributed by atoms with Crippen molar-refractivity contribution in [1.29, 1.82) is 0 Å². The fraction of sp³-hybridized carbons (Fsp3) is 0.448. The number of rotatable bonds is 3. The number of aliphatic hydroxyl groups is 1. The SMILES string of the molecule is C[C@H]1CCC(=O)NC(Cc2ccc(Cl)cc2)CN(C(=O)Nc2c[nH]c3ccccc23)CCC[C@@](C)(O)C1. The molecule has 1 aliphatic rings. The number of halogens is 1. The van der Waals surface area contributed by atoms with Crippen LogP contribution in [0.5, 0.6) is 0 Å². The third kappa shape index (κ3) is 7.73. The van der Waals surface area contributed by atoms with E-state index in [9.17, 15) is 14.7 Å². The maximum atomic E-state index is 13.5. The van der Waals surface area contributed by atoms with Crippen LogP contribution in [0.2, 0.25) is 5.02 Å². The summed E-state index contributed by atoms with van der Waals surface area (Å²) in [6.45, 7) is 4.74. The van der Waals surface area contributed by atoms with Crippen LogP contribution in [-0.2, 0) is 11.2 Å². The standard InChI is InChI=1S/C29H37ClN4O3/c1-20-8-13-27(35)32-23(16-21-9-11-22(30)12-10-21)19-34(15-5-14-29(2,37)17-20)28(36)33-26-18-31-25-7-4-3-6-24(25)26/h3-4,6-7,9-12,18,20,23,31,37H,5,8,13-17,19H2,1-2H3,(H,32,35)(H,33,36)/t20-,23?,29+/m0/s1. The van der Waals surface area contributed by atoms with E-state index in [1.165, 1.54) is 0 Å². The lowest BCUT2D eigenvalue weighted by atomic mass is 9.87. The van der Waals surface area contributed by atoms with Crippen LogP contribution < -0.4 is 10.6 Å². The first-order valence-corrected chi connectivity index (χ1v) is 13.4. The van der Waals surface area contributed by atoms with Gasteiger partial charge in [0.1, 0.15) is 0 Å². The van der Waals surface area contributed by atoms with Gasteiger partial charge >= 0.3 is 6.03 Å². The minimum atomic E-state index is -0.842. The Labute approximate surface area is 223 Å². The summed E-state index contributed by atoms with van der Waals surface area (Å²) in [4.78, 5) is 31.4. The maximum absolute atomic E-state index is 13.5. The molecule has 4 N–H and O–H groups in total. The summed E-state index contributed by atoms with van der Waals surface area (Å²) >= 11 is 6.07. The fourth-order valence-electron chi connectivity index (χ4n) is 5.26. The highest BCUT2D eigenvalue weighted by Crippen LogP contribution is 2.26. The highest BCUT2D eigenvalue weighted by atomic mass is 35.5. The number of carbonyl (C=O) groups is 2. The molecule has 4 rings (SSSR count). The fourth-order valence-corrected chi connectivity index (χ4v) is 5.39. The molecule has 1 saturated heterocycles. The first-order valence-electron chi connectivity index (χ1n) is 13.1. The minimum Gasteiger partial charge on any atom is -0.390 e. The van der Waals surface area contributed by atoms with E-state index in [-0.39, 0.29) is 23.9 Å². The number of benzene rings is 2. The molecule has 8 heteroatoms. The van der Waals surface area contributed by atoms with Crippen LogP contribution in [-0.4, -0.2) is 51.7 Å². The van der Waals surface area contributed by atoms with E-state index < -0.39 is 5.60 Å². The molecule has 3 atom stereocenters. The number of carbonyl (C=O) groups excluding carboxylic acids is 2. The monoisotopic (exact) mass is 524 g/mol. The first-order chi connectivity index (χ1) is 17.7. The summed E-state index contributed by atoms with van der Waals surface area (Å²) in [5.74, 6) is 0.180. The lowest BCUT2D eigenvalue weighted by Crippen LogP contribution is -2.48. The lowest BCUT2D eigenvalue weighted by molar-refractivity contribution is -0.122. The van der Waals surface area contributed by atoms with E-state index in [2.05, 4.69) is 22.5 Å². The molecular formula is C29H37ClN4O3. The third-order valence-electron chi connectivity index (χ3n) is 7.12. The molecule has 0 aliphatic carbocycles. The first kappa shape index (κ1) is 27.0. The van der Waals surface area contributed by atoms with Crippen molar-refractivity contribution in [3.8, 4) is 0 Å². The van der Waals surface area contributed by atoms with Crippen molar-refractivity contribution in [1.82, 2.24) is 15.2 Å². The molecule has 0 spiro atoms. The molecule has 2 heterocycles. The van der Waals surface area contributed by atoms with Crippen LogP contribution in [0.15, 0.2) is 54.7 Å². The van der Waals surface area contributed by atoms with Gasteiger partial charge in [-0.1, -0.05) is 48.9 Å². The zero-order valence-corrected chi connectivity index (χ0v) is 22.4. The quantitative estimate of drug-likeness (QED) is 0.352. The number of aromatic nitrogens is 1. The lowest BCUT2D eigenvalue weighted by Gasteiger charge is -2.30. The van der Waals surface area contributed by atoms with Gasteiger partial charge in [-0.3, -0.25) is 4.79 Å². The minimum absolute atomic E-state index is 0.0401. The Morgan fingerprint density at radius 1 is 1.22 bits per heavy atom. The second-order valence-electron chi connectivity index (χ2n) is 10.7. The number of hydrogen-bond acceptors (Lipinski definition) is 3. The highest BCUT2D eigenvalue weighted by molar-refractivity contribution is 6.30. The number of amides is 3. The van der Waals surface area contributed by atoms with Crippen LogP contribution in [0, 0.1) is 5.92 Å². The summed E-state index contributed by atoms with van der Waals surface area (Å²) in [7, 11) is 0. The Hall–Kier alpha value is -3.03. The van der Waals surface area contributed by atoms with Gasteiger partial charge < -0.3 is 25.6 Å². The molecule has 1 unspecified atom stereocenters. The summed E-state index contributed by atoms with van der Waals surface area (Å²) in [6.07, 6.45) is 5.32. The average Bonchev–Trinajstić information content (AvgIpc) is 3.25. The zero-order chi connectivity index (χ0) is 26.4. The van der Waals surface area contributed by atoms with Crippen molar-refractivity contribution in [3.63, 3.8) is 0 Å². The van der Waals surface area contributed by atoms with Gasteiger partial charge in [-0.25, -0.2) is 4.79 Å². The molecule has 37 heavy (non-hydrogen) atoms. The smallest absolute Gasteiger partial charge is 0.321 e. The maximum Gasteiger partial charge on any atom is 0.321 e. The van der Waals surface area contributed by atoms with E-state index in [0.717, 1.165) is 16.5 Å². The van der Waals surface area contributed by atoms with Gasteiger partial charge in [0.15, 0.2) is 0 Å². The van der Waals surface area contributed by atoms with Gasteiger partial charge in [0.05, 0.1) is 17.3 Å². The molecule has 2 aromatic carbocycles. The molecule has 0 saturated carbocycles. The molecule has 3 aromatic rings. The molecule has 0 radical (unpaired) electrons. The topological polar surface area (TPSA) is 97.5 Å². The van der Waals surface area contributed by atoms with Crippen LogP contribution >= 0.6 is 11.6 Å². The summed E-state index contributed by atoms with van der Waals surface area (Å²) in [5.41, 5.74) is 1.85. The Kier molecular flexibility index (Phi) is 8.77. The average molecular weight is 525 g/mol. The van der Waals surface area contributed by atoms with Crippen molar-refractivity contribution < 1.29 is 14.7 Å². The van der Waals surface area contributed by atoms with Crippen molar-refractivity contribution in [3.05, 3.63) is 65.3 Å². The van der Waals surface area contributed by atoms with Crippen LogP contribution in [0.1, 0.15) is 51.5 Å². The van der Waals surface area contributed by atoms with Gasteiger partial charge in [0.2, 0.25) is 5.91 Å². The number of anilines is 1. The number of hydrogen-bond donors (Lipinski definition) is 4. The van der Waals surface area contributed by atoms with E-state index in [1.54, 1.807) is 11.1 Å². The molecular weight excluding hydrogens is 488 g/mol. The number of nitrogens with one attached hydrogen (secondary N) is 3. The molecule has 1 aliphatic heterocycles. The Balaban J connectivity index is 1.57. The summed E-state index contributed by atoms with van der Waals surface area (Å²) < 4.78 is 0. The molecule has 7 nitrogen and oxygen atoms in total. The van der Waals surface area contributed by atoms with Crippen LogP contribution in [0.25, 0.3) is 10.9 Å². The van der Waals surface area contributed by atoms with Gasteiger partial charge in [-0.2, -0.15) is 0 Å². The normalized spacial score (nSPS) is 24.0. The molecule has 3 amide bonds. The molecule has 198 valence electrons. The molecule has 1 fully saturated rings. The number of H-pyrrole nitrogens is 1. The predicted octanol–water partition coefficient (Wildman–Crippen LogP) is 5.73. The summed E-state index contributed by atoms with van der Waals surface area (Å²) in [6, 6.07) is 14.9. The largest absolute Gasteiger partial charge is 0.390 e. The number of urea groups is 1. The van der Waals surface area contributed by atoms with Gasteiger partial charge in [0.25, 0.3) is 0 Å². The van der Waals surface area contributed by atoms with E-state index in [0.29, 0.717) is 62.3 Å². The van der Waals surface area contributed by atoms with Crippen molar-refractivity contribution in [2.75, 3.05) is 18.4 Å². The van der Waals surface area contributed by atoms with Crippen molar-refractivity contribution in [2.24, 2.45) is 5.92 Å².